The van der Waals surface area contributed by atoms with Gasteiger partial charge >= 0.3 is 0 Å². The molecule has 13 heavy (non-hydrogen) atoms. The fourth-order valence-corrected chi connectivity index (χ4v) is 1.07. The molecule has 0 radical (unpaired) electrons. The van der Waals surface area contributed by atoms with Crippen LogP contribution in [-0.4, -0.2) is 6.54 Å². The summed E-state index contributed by atoms with van der Waals surface area (Å²) in [6, 6.07) is 3.67. The van der Waals surface area contributed by atoms with Gasteiger partial charge in [-0.15, -0.1) is 0 Å². The van der Waals surface area contributed by atoms with Crippen molar-refractivity contribution in [2.45, 2.75) is 20.4 Å². The molecule has 0 aliphatic rings. The molecule has 1 heterocycles. The fraction of sp³-hybridized carbons (Fsp3) is 0.500. The van der Waals surface area contributed by atoms with E-state index in [2.05, 4.69) is 19.2 Å². The van der Waals surface area contributed by atoms with Gasteiger partial charge in [-0.2, -0.15) is 4.73 Å². The lowest BCUT2D eigenvalue weighted by Crippen LogP contribution is -2.25. The minimum absolute atomic E-state index is 0.660. The third kappa shape index (κ3) is 3.90. The van der Waals surface area contributed by atoms with Gasteiger partial charge < -0.3 is 10.5 Å². The standard InChI is InChI=1S/C10H16N2O/c1-9(2)7-11-8-10-3-5-12(13)6-4-10/h3-6,9,11H,7-8H2,1-2H3. The maximum absolute atomic E-state index is 10.7. The molecule has 1 aromatic heterocycles. The van der Waals surface area contributed by atoms with Gasteiger partial charge in [-0.1, -0.05) is 13.8 Å². The Morgan fingerprint density at radius 1 is 1.38 bits per heavy atom. The first-order valence-electron chi connectivity index (χ1n) is 4.57. The SMILES string of the molecule is CC(C)CNCc1cc[n+]([O-])cc1. The van der Waals surface area contributed by atoms with E-state index in [1.54, 1.807) is 0 Å². The van der Waals surface area contributed by atoms with E-state index in [0.29, 0.717) is 5.92 Å². The van der Waals surface area contributed by atoms with Gasteiger partial charge in [0, 0.05) is 18.7 Å². The predicted octanol–water partition coefficient (Wildman–Crippen LogP) is 1.07. The normalized spacial score (nSPS) is 10.7. The van der Waals surface area contributed by atoms with Gasteiger partial charge in [-0.25, -0.2) is 0 Å². The van der Waals surface area contributed by atoms with Crippen LogP contribution in [0, 0.1) is 11.1 Å². The molecule has 0 saturated carbocycles. The molecule has 3 heteroatoms. The Morgan fingerprint density at radius 3 is 2.54 bits per heavy atom. The number of nitrogens with one attached hydrogen (secondary N) is 1. The van der Waals surface area contributed by atoms with Crippen LogP contribution in [0.4, 0.5) is 0 Å². The molecule has 0 bridgehead atoms. The minimum atomic E-state index is 0.660. The van der Waals surface area contributed by atoms with Crippen LogP contribution in [0.1, 0.15) is 19.4 Å². The number of rotatable bonds is 4. The van der Waals surface area contributed by atoms with Crippen LogP contribution in [0.25, 0.3) is 0 Å². The van der Waals surface area contributed by atoms with E-state index >= 15 is 0 Å². The van der Waals surface area contributed by atoms with Crippen LogP contribution in [0.15, 0.2) is 24.5 Å². The van der Waals surface area contributed by atoms with Crippen molar-refractivity contribution < 1.29 is 4.73 Å². The highest BCUT2D eigenvalue weighted by atomic mass is 16.5. The van der Waals surface area contributed by atoms with Crippen molar-refractivity contribution in [3.63, 3.8) is 0 Å². The van der Waals surface area contributed by atoms with Gasteiger partial charge in [0.2, 0.25) is 0 Å². The van der Waals surface area contributed by atoms with Crippen LogP contribution in [0.3, 0.4) is 0 Å². The summed E-state index contributed by atoms with van der Waals surface area (Å²) in [4.78, 5) is 0. The van der Waals surface area contributed by atoms with Crippen molar-refractivity contribution >= 4 is 0 Å². The van der Waals surface area contributed by atoms with Crippen LogP contribution in [0.2, 0.25) is 0 Å². The number of pyridine rings is 1. The predicted molar refractivity (Wildman–Crippen MR) is 51.9 cm³/mol. The van der Waals surface area contributed by atoms with Gasteiger partial charge in [0.25, 0.3) is 0 Å². The summed E-state index contributed by atoms with van der Waals surface area (Å²) in [6.07, 6.45) is 3.04. The number of aromatic nitrogens is 1. The van der Waals surface area contributed by atoms with E-state index < -0.39 is 0 Å². The highest BCUT2D eigenvalue weighted by Crippen LogP contribution is 1.95. The summed E-state index contributed by atoms with van der Waals surface area (Å²) in [5.41, 5.74) is 1.15. The van der Waals surface area contributed by atoms with E-state index in [1.165, 1.54) is 12.4 Å². The summed E-state index contributed by atoms with van der Waals surface area (Å²) in [5, 5.41) is 14.0. The highest BCUT2D eigenvalue weighted by molar-refractivity contribution is 5.06. The van der Waals surface area contributed by atoms with E-state index in [0.717, 1.165) is 23.4 Å². The maximum atomic E-state index is 10.7. The average Bonchev–Trinajstić information content (AvgIpc) is 2.08. The maximum Gasteiger partial charge on any atom is 0.180 e. The molecule has 0 fully saturated rings. The topological polar surface area (TPSA) is 39.0 Å². The number of hydrogen-bond acceptors (Lipinski definition) is 2. The van der Waals surface area contributed by atoms with Gasteiger partial charge in [0.15, 0.2) is 12.4 Å². The van der Waals surface area contributed by atoms with Crippen molar-refractivity contribution in [2.75, 3.05) is 6.54 Å². The first-order valence-corrected chi connectivity index (χ1v) is 4.57. The summed E-state index contributed by atoms with van der Waals surface area (Å²) in [6.45, 7) is 6.18. The Balaban J connectivity index is 2.33. The van der Waals surface area contributed by atoms with Gasteiger partial charge in [-0.05, 0) is 18.0 Å². The quantitative estimate of drug-likeness (QED) is 0.556. The zero-order valence-corrected chi connectivity index (χ0v) is 8.16. The first kappa shape index (κ1) is 9.99. The summed E-state index contributed by atoms with van der Waals surface area (Å²) in [5.74, 6) is 0.660. The minimum Gasteiger partial charge on any atom is -0.619 e. The Labute approximate surface area is 79.0 Å². The highest BCUT2D eigenvalue weighted by Gasteiger charge is 1.96. The van der Waals surface area contributed by atoms with E-state index in [1.807, 2.05) is 12.1 Å². The zero-order chi connectivity index (χ0) is 9.68. The summed E-state index contributed by atoms with van der Waals surface area (Å²) < 4.78 is 0.798. The van der Waals surface area contributed by atoms with E-state index in [9.17, 15) is 5.21 Å². The second-order valence-corrected chi connectivity index (χ2v) is 3.59. The lowest BCUT2D eigenvalue weighted by atomic mass is 10.2. The van der Waals surface area contributed by atoms with E-state index in [4.69, 9.17) is 0 Å². The smallest absolute Gasteiger partial charge is 0.180 e. The van der Waals surface area contributed by atoms with Gasteiger partial charge in [0.05, 0.1) is 0 Å². The second-order valence-electron chi connectivity index (χ2n) is 3.59. The third-order valence-electron chi connectivity index (χ3n) is 1.75. The molecule has 1 aromatic rings. The van der Waals surface area contributed by atoms with Gasteiger partial charge in [0.1, 0.15) is 0 Å². The molecule has 1 N–H and O–H groups in total. The number of hydrogen-bond donors (Lipinski definition) is 1. The first-order chi connectivity index (χ1) is 6.18. The molecule has 0 aliphatic carbocycles. The molecule has 0 spiro atoms. The zero-order valence-electron chi connectivity index (χ0n) is 8.16. The van der Waals surface area contributed by atoms with Crippen LogP contribution >= 0.6 is 0 Å². The molecule has 0 amide bonds. The molecule has 0 aromatic carbocycles. The molecule has 3 nitrogen and oxygen atoms in total. The van der Waals surface area contributed by atoms with Crippen LogP contribution in [-0.2, 0) is 6.54 Å². The van der Waals surface area contributed by atoms with E-state index in [-0.39, 0.29) is 0 Å². The molecular formula is C10H16N2O. The third-order valence-corrected chi connectivity index (χ3v) is 1.75. The average molecular weight is 180 g/mol. The lowest BCUT2D eigenvalue weighted by Gasteiger charge is -2.06. The Morgan fingerprint density at radius 2 is 2.00 bits per heavy atom. The molecule has 0 saturated heterocycles. The lowest BCUT2D eigenvalue weighted by molar-refractivity contribution is -0.605. The van der Waals surface area contributed by atoms with Crippen LogP contribution < -0.4 is 10.0 Å². The fourth-order valence-electron chi connectivity index (χ4n) is 1.07. The van der Waals surface area contributed by atoms with Crippen molar-refractivity contribution in [1.29, 1.82) is 0 Å². The molecule has 1 rings (SSSR count). The van der Waals surface area contributed by atoms with Crippen molar-refractivity contribution in [3.05, 3.63) is 35.3 Å². The second kappa shape index (κ2) is 4.82. The van der Waals surface area contributed by atoms with Gasteiger partial charge in [-0.3, -0.25) is 0 Å². The molecule has 0 atom stereocenters. The van der Waals surface area contributed by atoms with Crippen molar-refractivity contribution in [2.24, 2.45) is 5.92 Å². The Kier molecular flexibility index (Phi) is 3.71. The van der Waals surface area contributed by atoms with Crippen molar-refractivity contribution in [1.82, 2.24) is 5.32 Å². The Bertz CT molecular complexity index is 244. The molecule has 0 aliphatic heterocycles. The summed E-state index contributed by atoms with van der Waals surface area (Å²) >= 11 is 0. The largest absolute Gasteiger partial charge is 0.619 e. The summed E-state index contributed by atoms with van der Waals surface area (Å²) in [7, 11) is 0. The van der Waals surface area contributed by atoms with Crippen LogP contribution in [0.5, 0.6) is 0 Å². The van der Waals surface area contributed by atoms with Crippen molar-refractivity contribution in [3.8, 4) is 0 Å². The molecular weight excluding hydrogens is 164 g/mol. The monoisotopic (exact) mass is 180 g/mol. The molecule has 72 valence electrons. The molecule has 0 unspecified atom stereocenters. The Hall–Kier alpha value is -1.09. The number of nitrogens with zero attached hydrogens (tertiary/aromatic N) is 1.